The predicted molar refractivity (Wildman–Crippen MR) is 110 cm³/mol. The number of aryl methyl sites for hydroxylation is 2. The van der Waals surface area contributed by atoms with Crippen LogP contribution in [0.1, 0.15) is 35.1 Å². The molecule has 2 N–H and O–H groups in total. The third-order valence-electron chi connectivity index (χ3n) is 5.71. The molecule has 1 saturated heterocycles. The Morgan fingerprint density at radius 2 is 1.79 bits per heavy atom. The summed E-state index contributed by atoms with van der Waals surface area (Å²) in [5.74, 6) is -0.0559. The first kappa shape index (κ1) is 18.7. The van der Waals surface area contributed by atoms with E-state index >= 15 is 0 Å². The summed E-state index contributed by atoms with van der Waals surface area (Å²) in [7, 11) is 0. The summed E-state index contributed by atoms with van der Waals surface area (Å²) < 4.78 is 0. The van der Waals surface area contributed by atoms with Gasteiger partial charge in [0, 0.05) is 18.8 Å². The summed E-state index contributed by atoms with van der Waals surface area (Å²) >= 11 is 0. The van der Waals surface area contributed by atoms with E-state index in [9.17, 15) is 9.59 Å². The van der Waals surface area contributed by atoms with Crippen molar-refractivity contribution in [2.45, 2.75) is 51.7 Å². The van der Waals surface area contributed by atoms with E-state index in [2.05, 4.69) is 28.8 Å². The van der Waals surface area contributed by atoms with Gasteiger partial charge >= 0.3 is 0 Å². The van der Waals surface area contributed by atoms with Gasteiger partial charge in [0.15, 0.2) is 0 Å². The van der Waals surface area contributed by atoms with Gasteiger partial charge in [-0.2, -0.15) is 0 Å². The number of rotatable bonds is 3. The highest BCUT2D eigenvalue weighted by Crippen LogP contribution is 2.24. The molecule has 146 valence electrons. The smallest absolute Gasteiger partial charge is 0.247 e. The maximum atomic E-state index is 13.2. The van der Waals surface area contributed by atoms with Crippen molar-refractivity contribution in [2.75, 3.05) is 11.9 Å². The minimum Gasteiger partial charge on any atom is -0.329 e. The van der Waals surface area contributed by atoms with Crippen molar-refractivity contribution in [1.29, 1.82) is 0 Å². The number of benzene rings is 2. The molecule has 0 saturated carbocycles. The number of anilines is 1. The quantitative estimate of drug-likeness (QED) is 0.865. The van der Waals surface area contributed by atoms with Gasteiger partial charge in [0.1, 0.15) is 6.04 Å². The third-order valence-corrected chi connectivity index (χ3v) is 5.71. The highest BCUT2D eigenvalue weighted by molar-refractivity contribution is 5.98. The second-order valence-electron chi connectivity index (χ2n) is 7.96. The number of nitrogens with one attached hydrogen (secondary N) is 2. The van der Waals surface area contributed by atoms with Crippen LogP contribution in [-0.2, 0) is 22.6 Å². The Morgan fingerprint density at radius 3 is 2.54 bits per heavy atom. The summed E-state index contributed by atoms with van der Waals surface area (Å²) in [6.07, 6.45) is 2.25. The Hall–Kier alpha value is -2.66. The minimum absolute atomic E-state index is 0.0348. The molecule has 2 amide bonds. The average molecular weight is 377 g/mol. The van der Waals surface area contributed by atoms with Crippen molar-refractivity contribution in [1.82, 2.24) is 10.2 Å². The first-order valence-corrected chi connectivity index (χ1v) is 10.0. The van der Waals surface area contributed by atoms with E-state index in [1.807, 2.05) is 38.1 Å². The molecule has 2 aliphatic heterocycles. The van der Waals surface area contributed by atoms with Crippen LogP contribution in [0.4, 0.5) is 5.69 Å². The van der Waals surface area contributed by atoms with Crippen LogP contribution in [0.15, 0.2) is 42.5 Å². The fourth-order valence-electron chi connectivity index (χ4n) is 4.40. The maximum absolute atomic E-state index is 13.2. The number of fused-ring (bicyclic) bond motifs is 1. The molecule has 2 unspecified atom stereocenters. The number of hydrogen-bond donors (Lipinski definition) is 2. The molecule has 0 bridgehead atoms. The van der Waals surface area contributed by atoms with Gasteiger partial charge in [-0.15, -0.1) is 0 Å². The van der Waals surface area contributed by atoms with E-state index in [1.165, 1.54) is 11.1 Å². The zero-order chi connectivity index (χ0) is 19.7. The van der Waals surface area contributed by atoms with Crippen molar-refractivity contribution in [3.8, 4) is 0 Å². The van der Waals surface area contributed by atoms with E-state index in [0.29, 0.717) is 25.9 Å². The lowest BCUT2D eigenvalue weighted by Crippen LogP contribution is -2.53. The lowest BCUT2D eigenvalue weighted by molar-refractivity contribution is -0.138. The summed E-state index contributed by atoms with van der Waals surface area (Å²) in [5.41, 5.74) is 5.48. The Bertz CT molecular complexity index is 888. The summed E-state index contributed by atoms with van der Waals surface area (Å²) in [5, 5.41) is 6.37. The lowest BCUT2D eigenvalue weighted by atomic mass is 9.95. The van der Waals surface area contributed by atoms with Crippen molar-refractivity contribution in [2.24, 2.45) is 0 Å². The molecule has 4 rings (SSSR count). The summed E-state index contributed by atoms with van der Waals surface area (Å²) in [6.45, 7) is 5.37. The van der Waals surface area contributed by atoms with E-state index in [-0.39, 0.29) is 17.9 Å². The minimum atomic E-state index is -0.396. The van der Waals surface area contributed by atoms with Crippen molar-refractivity contribution in [3.63, 3.8) is 0 Å². The van der Waals surface area contributed by atoms with Crippen LogP contribution in [0.25, 0.3) is 0 Å². The van der Waals surface area contributed by atoms with Gasteiger partial charge in [-0.1, -0.05) is 30.3 Å². The Morgan fingerprint density at radius 1 is 1.07 bits per heavy atom. The highest BCUT2D eigenvalue weighted by atomic mass is 16.2. The van der Waals surface area contributed by atoms with Gasteiger partial charge in [0.2, 0.25) is 11.8 Å². The van der Waals surface area contributed by atoms with E-state index in [4.69, 9.17) is 0 Å². The Balaban J connectivity index is 1.45. The van der Waals surface area contributed by atoms with E-state index in [0.717, 1.165) is 23.2 Å². The van der Waals surface area contributed by atoms with Gasteiger partial charge in [-0.05, 0) is 67.5 Å². The monoisotopic (exact) mass is 377 g/mol. The summed E-state index contributed by atoms with van der Waals surface area (Å²) in [6, 6.07) is 13.6. The van der Waals surface area contributed by atoms with Crippen LogP contribution >= 0.6 is 0 Å². The molecule has 5 nitrogen and oxygen atoms in total. The molecule has 2 aromatic carbocycles. The fourth-order valence-corrected chi connectivity index (χ4v) is 4.40. The van der Waals surface area contributed by atoms with Crippen molar-refractivity contribution in [3.05, 3.63) is 64.7 Å². The largest absolute Gasteiger partial charge is 0.329 e. The zero-order valence-electron chi connectivity index (χ0n) is 16.5. The first-order valence-electron chi connectivity index (χ1n) is 10.0. The Kier molecular flexibility index (Phi) is 5.18. The lowest BCUT2D eigenvalue weighted by Gasteiger charge is -2.31. The average Bonchev–Trinajstić information content (AvgIpc) is 3.16. The van der Waals surface area contributed by atoms with Crippen LogP contribution in [0.5, 0.6) is 0 Å². The van der Waals surface area contributed by atoms with Crippen LogP contribution in [-0.4, -0.2) is 35.3 Å². The van der Waals surface area contributed by atoms with Crippen LogP contribution in [0.2, 0.25) is 0 Å². The molecular weight excluding hydrogens is 350 g/mol. The van der Waals surface area contributed by atoms with Crippen LogP contribution < -0.4 is 10.6 Å². The van der Waals surface area contributed by atoms with Crippen LogP contribution in [0.3, 0.4) is 0 Å². The number of likely N-dealkylation sites (tertiary alicyclic amines) is 1. The first-order chi connectivity index (χ1) is 13.5. The molecule has 1 fully saturated rings. The molecule has 0 spiro atoms. The normalized spacial score (nSPS) is 21.3. The van der Waals surface area contributed by atoms with E-state index < -0.39 is 6.04 Å². The maximum Gasteiger partial charge on any atom is 0.247 e. The van der Waals surface area contributed by atoms with Gasteiger partial charge in [0.25, 0.3) is 0 Å². The molecule has 28 heavy (non-hydrogen) atoms. The summed E-state index contributed by atoms with van der Waals surface area (Å²) in [4.78, 5) is 27.8. The number of nitrogens with zero attached hydrogens (tertiary/aromatic N) is 1. The third kappa shape index (κ3) is 3.80. The molecule has 0 aliphatic carbocycles. The molecule has 0 aromatic heterocycles. The molecule has 5 heteroatoms. The zero-order valence-corrected chi connectivity index (χ0v) is 16.5. The van der Waals surface area contributed by atoms with Gasteiger partial charge in [-0.3, -0.25) is 9.59 Å². The van der Waals surface area contributed by atoms with Crippen molar-refractivity contribution < 1.29 is 9.59 Å². The van der Waals surface area contributed by atoms with Gasteiger partial charge in [-0.25, -0.2) is 0 Å². The molecule has 2 heterocycles. The standard InChI is InChI=1S/C23H27N3O2/c1-15-10-16(2)12-19(11-15)25-22(27)21-8-5-9-26(21)23(28)20-13-17-6-3-4-7-18(17)14-24-20/h3-4,6-7,10-12,20-21,24H,5,8-9,13-14H2,1-2H3,(H,25,27). The number of hydrogen-bond acceptors (Lipinski definition) is 3. The van der Waals surface area contributed by atoms with Crippen molar-refractivity contribution >= 4 is 17.5 Å². The topological polar surface area (TPSA) is 61.4 Å². The fraction of sp³-hybridized carbons (Fsp3) is 0.391. The molecule has 2 atom stereocenters. The second-order valence-corrected chi connectivity index (χ2v) is 7.96. The molecule has 2 aromatic rings. The SMILES string of the molecule is Cc1cc(C)cc(NC(=O)C2CCCN2C(=O)C2Cc3ccccc3CN2)c1. The number of amides is 2. The molecule has 0 radical (unpaired) electrons. The number of carbonyl (C=O) groups excluding carboxylic acids is 2. The Labute approximate surface area is 166 Å². The molecule has 2 aliphatic rings. The second kappa shape index (κ2) is 7.76. The highest BCUT2D eigenvalue weighted by Gasteiger charge is 2.38. The van der Waals surface area contributed by atoms with Crippen LogP contribution in [0, 0.1) is 13.8 Å². The predicted octanol–water partition coefficient (Wildman–Crippen LogP) is 2.95. The van der Waals surface area contributed by atoms with E-state index in [1.54, 1.807) is 4.90 Å². The number of carbonyl (C=O) groups is 2. The van der Waals surface area contributed by atoms with Gasteiger partial charge in [0.05, 0.1) is 6.04 Å². The van der Waals surface area contributed by atoms with Gasteiger partial charge < -0.3 is 15.5 Å². The molecular formula is C23H27N3O2.